The number of nitrogens with zero attached hydrogens (tertiary/aromatic N) is 2. The summed E-state index contributed by atoms with van der Waals surface area (Å²) < 4.78 is 9.36. The van der Waals surface area contributed by atoms with E-state index in [1.54, 1.807) is 6.92 Å². The standard InChI is InChI=1S/C25H26N4O8/c1-5-18(31)13-21(32)26-16-7-9-17(10-8-16)27-23(33)22(14(2)30)29-28-20-12-15(24(34)36-3)6-11-19(20)25(35)37-4/h6-12,30H,5,13H2,1-4H3,(H,26,32)(H,27,33)/b22-14+,29-28?. The van der Waals surface area contributed by atoms with Crippen LogP contribution in [0.2, 0.25) is 0 Å². The average molecular weight is 511 g/mol. The fraction of sp³-hybridized carbons (Fsp3) is 0.240. The fourth-order valence-corrected chi connectivity index (χ4v) is 2.86. The lowest BCUT2D eigenvalue weighted by Gasteiger charge is -2.09. The molecule has 0 saturated heterocycles. The summed E-state index contributed by atoms with van der Waals surface area (Å²) in [7, 11) is 2.35. The minimum absolute atomic E-state index is 0.0347. The second-order valence-corrected chi connectivity index (χ2v) is 7.50. The molecule has 12 nitrogen and oxygen atoms in total. The number of aliphatic hydroxyl groups is 1. The Hall–Kier alpha value is -4.87. The summed E-state index contributed by atoms with van der Waals surface area (Å²) in [4.78, 5) is 59.9. The first kappa shape index (κ1) is 28.4. The van der Waals surface area contributed by atoms with Crippen molar-refractivity contribution in [2.45, 2.75) is 26.7 Å². The third-order valence-corrected chi connectivity index (χ3v) is 4.82. The molecule has 0 heterocycles. The number of allylic oxidation sites excluding steroid dienone is 1. The monoisotopic (exact) mass is 510 g/mol. The van der Waals surface area contributed by atoms with Gasteiger partial charge in [-0.25, -0.2) is 9.59 Å². The van der Waals surface area contributed by atoms with Crippen LogP contribution in [0.3, 0.4) is 0 Å². The Morgan fingerprint density at radius 2 is 1.49 bits per heavy atom. The summed E-state index contributed by atoms with van der Waals surface area (Å²) in [6, 6.07) is 9.87. The quantitative estimate of drug-likeness (QED) is 0.141. The number of carbonyl (C=O) groups is 5. The zero-order chi connectivity index (χ0) is 27.5. The number of carbonyl (C=O) groups excluding carboxylic acids is 5. The molecule has 2 amide bonds. The van der Waals surface area contributed by atoms with Crippen LogP contribution in [0, 0.1) is 0 Å². The highest BCUT2D eigenvalue weighted by atomic mass is 16.5. The van der Waals surface area contributed by atoms with Gasteiger partial charge in [0.05, 0.1) is 31.8 Å². The van der Waals surface area contributed by atoms with Gasteiger partial charge in [-0.3, -0.25) is 14.4 Å². The number of hydrogen-bond acceptors (Lipinski definition) is 10. The Labute approximate surface area is 212 Å². The van der Waals surface area contributed by atoms with Gasteiger partial charge in [-0.05, 0) is 49.4 Å². The number of azo groups is 1. The maximum absolute atomic E-state index is 12.7. The fourth-order valence-electron chi connectivity index (χ4n) is 2.86. The van der Waals surface area contributed by atoms with E-state index in [0.717, 1.165) is 7.11 Å². The van der Waals surface area contributed by atoms with Crippen molar-refractivity contribution >= 4 is 46.6 Å². The Bertz CT molecular complexity index is 1260. The predicted molar refractivity (Wildman–Crippen MR) is 133 cm³/mol. The van der Waals surface area contributed by atoms with Gasteiger partial charge >= 0.3 is 11.9 Å². The van der Waals surface area contributed by atoms with Crippen molar-refractivity contribution in [1.82, 2.24) is 0 Å². The first-order chi connectivity index (χ1) is 17.6. The van der Waals surface area contributed by atoms with E-state index in [0.29, 0.717) is 11.4 Å². The van der Waals surface area contributed by atoms with E-state index in [4.69, 9.17) is 4.74 Å². The number of ketones is 1. The van der Waals surface area contributed by atoms with E-state index >= 15 is 0 Å². The number of Topliss-reactive ketones (excluding diaryl/α,β-unsaturated/α-hetero) is 1. The zero-order valence-corrected chi connectivity index (χ0v) is 20.7. The molecule has 0 aliphatic carbocycles. The van der Waals surface area contributed by atoms with Crippen molar-refractivity contribution in [3.63, 3.8) is 0 Å². The number of hydrogen-bond donors (Lipinski definition) is 3. The third kappa shape index (κ3) is 8.09. The van der Waals surface area contributed by atoms with E-state index in [1.807, 2.05) is 0 Å². The lowest BCUT2D eigenvalue weighted by atomic mass is 10.1. The molecule has 0 bridgehead atoms. The molecule has 2 aromatic rings. The number of aliphatic hydroxyl groups excluding tert-OH is 1. The third-order valence-electron chi connectivity index (χ3n) is 4.82. The van der Waals surface area contributed by atoms with Gasteiger partial charge in [-0.15, -0.1) is 10.2 Å². The molecular weight excluding hydrogens is 484 g/mol. The van der Waals surface area contributed by atoms with Crippen LogP contribution in [0.15, 0.2) is 64.1 Å². The van der Waals surface area contributed by atoms with Crippen molar-refractivity contribution in [2.24, 2.45) is 10.2 Å². The Morgan fingerprint density at radius 1 is 0.892 bits per heavy atom. The average Bonchev–Trinajstić information content (AvgIpc) is 2.88. The molecule has 12 heteroatoms. The molecule has 0 aliphatic heterocycles. The lowest BCUT2D eigenvalue weighted by molar-refractivity contribution is -0.125. The number of benzene rings is 2. The van der Waals surface area contributed by atoms with Crippen molar-refractivity contribution in [3.05, 3.63) is 65.0 Å². The molecule has 0 unspecified atom stereocenters. The van der Waals surface area contributed by atoms with E-state index in [-0.39, 0.29) is 35.4 Å². The minimum Gasteiger partial charge on any atom is -0.510 e. The summed E-state index contributed by atoms with van der Waals surface area (Å²) in [5, 5.41) is 22.8. The van der Waals surface area contributed by atoms with Crippen molar-refractivity contribution in [3.8, 4) is 0 Å². The molecule has 0 spiro atoms. The highest BCUT2D eigenvalue weighted by molar-refractivity contribution is 6.05. The van der Waals surface area contributed by atoms with Crippen LogP contribution < -0.4 is 10.6 Å². The van der Waals surface area contributed by atoms with E-state index < -0.39 is 35.2 Å². The zero-order valence-electron chi connectivity index (χ0n) is 20.7. The SMILES string of the molecule is CCC(=O)CC(=O)Nc1ccc(NC(=O)/C(N=Nc2cc(C(=O)OC)ccc2C(=O)OC)=C(/C)O)cc1. The molecule has 3 N–H and O–H groups in total. The summed E-state index contributed by atoms with van der Waals surface area (Å²) in [6.07, 6.45) is 0.0285. The van der Waals surface area contributed by atoms with Gasteiger partial charge in [-0.2, -0.15) is 0 Å². The lowest BCUT2D eigenvalue weighted by Crippen LogP contribution is -2.16. The molecule has 37 heavy (non-hydrogen) atoms. The molecule has 2 rings (SSSR count). The van der Waals surface area contributed by atoms with Crippen LogP contribution in [-0.2, 0) is 23.9 Å². The molecular formula is C25H26N4O8. The molecule has 2 aromatic carbocycles. The van der Waals surface area contributed by atoms with Crippen LogP contribution in [0.25, 0.3) is 0 Å². The Balaban J connectivity index is 2.22. The second-order valence-electron chi connectivity index (χ2n) is 7.50. The van der Waals surface area contributed by atoms with Crippen molar-refractivity contribution < 1.29 is 38.6 Å². The number of rotatable bonds is 10. The van der Waals surface area contributed by atoms with E-state index in [2.05, 4.69) is 25.6 Å². The van der Waals surface area contributed by atoms with Gasteiger partial charge < -0.3 is 25.2 Å². The molecule has 0 aliphatic rings. The summed E-state index contributed by atoms with van der Waals surface area (Å²) >= 11 is 0. The highest BCUT2D eigenvalue weighted by Crippen LogP contribution is 2.25. The van der Waals surface area contributed by atoms with Crippen LogP contribution in [0.4, 0.5) is 17.1 Å². The van der Waals surface area contributed by atoms with Gasteiger partial charge in [0.15, 0.2) is 5.70 Å². The molecule has 0 saturated carbocycles. The van der Waals surface area contributed by atoms with E-state index in [9.17, 15) is 29.1 Å². The number of nitrogens with one attached hydrogen (secondary N) is 2. The van der Waals surface area contributed by atoms with Crippen molar-refractivity contribution in [1.29, 1.82) is 0 Å². The maximum Gasteiger partial charge on any atom is 0.340 e. The molecule has 0 radical (unpaired) electrons. The van der Waals surface area contributed by atoms with Crippen LogP contribution in [-0.4, -0.2) is 48.9 Å². The summed E-state index contributed by atoms with van der Waals surface area (Å²) in [6.45, 7) is 2.89. The van der Waals surface area contributed by atoms with E-state index in [1.165, 1.54) is 56.5 Å². The first-order valence-corrected chi connectivity index (χ1v) is 10.9. The van der Waals surface area contributed by atoms with Gasteiger partial charge in [0, 0.05) is 17.8 Å². The Kier molecular flexibility index (Phi) is 10.2. The minimum atomic E-state index is -0.821. The second kappa shape index (κ2) is 13.3. The normalized spacial score (nSPS) is 11.4. The van der Waals surface area contributed by atoms with Crippen LogP contribution >= 0.6 is 0 Å². The van der Waals surface area contributed by atoms with Crippen molar-refractivity contribution in [2.75, 3.05) is 24.9 Å². The Morgan fingerprint density at radius 3 is 2.03 bits per heavy atom. The smallest absolute Gasteiger partial charge is 0.340 e. The van der Waals surface area contributed by atoms with Gasteiger partial charge in [-0.1, -0.05) is 6.92 Å². The molecule has 0 atom stereocenters. The number of methoxy groups -OCH3 is 2. The van der Waals surface area contributed by atoms with Gasteiger partial charge in [0.2, 0.25) is 5.91 Å². The number of amides is 2. The largest absolute Gasteiger partial charge is 0.510 e. The van der Waals surface area contributed by atoms with Gasteiger partial charge in [0.1, 0.15) is 17.2 Å². The first-order valence-electron chi connectivity index (χ1n) is 10.9. The molecule has 0 aromatic heterocycles. The molecule has 194 valence electrons. The van der Waals surface area contributed by atoms with Gasteiger partial charge in [0.25, 0.3) is 5.91 Å². The topological polar surface area (TPSA) is 173 Å². The predicted octanol–water partition coefficient (Wildman–Crippen LogP) is 4.08. The number of ether oxygens (including phenoxy) is 2. The number of esters is 2. The highest BCUT2D eigenvalue weighted by Gasteiger charge is 2.18. The number of anilines is 2. The maximum atomic E-state index is 12.7. The summed E-state index contributed by atoms with van der Waals surface area (Å²) in [5.74, 6) is -3.37. The van der Waals surface area contributed by atoms with Crippen LogP contribution in [0.1, 0.15) is 47.4 Å². The summed E-state index contributed by atoms with van der Waals surface area (Å²) in [5.41, 5.74) is 0.210. The van der Waals surface area contributed by atoms with Crippen LogP contribution in [0.5, 0.6) is 0 Å². The molecule has 0 fully saturated rings.